The van der Waals surface area contributed by atoms with Gasteiger partial charge in [0, 0.05) is 50.6 Å². The van der Waals surface area contributed by atoms with E-state index >= 15 is 0 Å². The van der Waals surface area contributed by atoms with E-state index in [0.717, 1.165) is 0 Å². The van der Waals surface area contributed by atoms with Crippen molar-refractivity contribution in [2.75, 3.05) is 63.2 Å². The third kappa shape index (κ3) is 7.90. The lowest BCUT2D eigenvalue weighted by atomic mass is 10.1. The first-order valence-electron chi connectivity index (χ1n) is 12.5. The second kappa shape index (κ2) is 13.9. The standard InChI is InChI=1S/C26H28N8O6/c27-13-18-1-3-19(4-2-18)24-22(25(36)40-17-21(35)16-33-9-11-39-12-10-33)15-31-26(32-24)29-8-7-28-23-6-5-20(14-30-23)34(37)38/h1-6,14-15,21,35H,7-12,16-17H2,(H,28,30)(H,29,31,32). The van der Waals surface area contributed by atoms with E-state index < -0.39 is 17.0 Å². The van der Waals surface area contributed by atoms with Crippen LogP contribution >= 0.6 is 0 Å². The summed E-state index contributed by atoms with van der Waals surface area (Å²) in [6.45, 7) is 3.57. The lowest BCUT2D eigenvalue weighted by molar-refractivity contribution is -0.385. The summed E-state index contributed by atoms with van der Waals surface area (Å²) in [4.78, 5) is 38.0. The molecule has 1 aromatic carbocycles. The van der Waals surface area contributed by atoms with E-state index in [9.17, 15) is 20.0 Å². The summed E-state index contributed by atoms with van der Waals surface area (Å²) in [5.74, 6) is 0.0417. The molecule has 3 aromatic rings. The number of nitrogens with one attached hydrogen (secondary N) is 2. The second-order valence-electron chi connectivity index (χ2n) is 8.82. The van der Waals surface area contributed by atoms with Gasteiger partial charge in [-0.2, -0.15) is 5.26 Å². The maximum atomic E-state index is 13.0. The summed E-state index contributed by atoms with van der Waals surface area (Å²) in [6.07, 6.45) is 1.66. The number of hydrogen-bond donors (Lipinski definition) is 3. The summed E-state index contributed by atoms with van der Waals surface area (Å²) in [6, 6.07) is 11.5. The van der Waals surface area contributed by atoms with Crippen LogP contribution in [0.5, 0.6) is 0 Å². The molecule has 4 rings (SSSR count). The molecule has 3 heterocycles. The molecule has 1 atom stereocenters. The molecule has 3 N–H and O–H groups in total. The number of ether oxygens (including phenoxy) is 2. The highest BCUT2D eigenvalue weighted by Gasteiger charge is 2.21. The highest BCUT2D eigenvalue weighted by molar-refractivity contribution is 5.96. The van der Waals surface area contributed by atoms with Gasteiger partial charge in [0.2, 0.25) is 5.95 Å². The van der Waals surface area contributed by atoms with E-state index in [0.29, 0.717) is 68.6 Å². The van der Waals surface area contributed by atoms with Crippen LogP contribution in [0.2, 0.25) is 0 Å². The van der Waals surface area contributed by atoms with E-state index in [1.54, 1.807) is 24.3 Å². The van der Waals surface area contributed by atoms with Crippen molar-refractivity contribution in [2.45, 2.75) is 6.10 Å². The first-order valence-corrected chi connectivity index (χ1v) is 12.5. The number of nitrogens with zero attached hydrogens (tertiary/aromatic N) is 6. The number of benzene rings is 1. The normalized spacial score (nSPS) is 14.1. The number of esters is 1. The number of anilines is 2. The van der Waals surface area contributed by atoms with Crippen molar-refractivity contribution in [3.05, 3.63) is 70.0 Å². The van der Waals surface area contributed by atoms with Gasteiger partial charge >= 0.3 is 5.97 Å². The minimum Gasteiger partial charge on any atom is -0.459 e. The molecule has 14 nitrogen and oxygen atoms in total. The number of aliphatic hydroxyl groups excluding tert-OH is 1. The van der Waals surface area contributed by atoms with E-state index in [1.807, 2.05) is 4.90 Å². The number of carbonyl (C=O) groups excluding carboxylic acids is 1. The van der Waals surface area contributed by atoms with Crippen LogP contribution in [0.15, 0.2) is 48.8 Å². The van der Waals surface area contributed by atoms with E-state index in [-0.39, 0.29) is 23.8 Å². The molecule has 0 amide bonds. The Balaban J connectivity index is 1.40. The van der Waals surface area contributed by atoms with Gasteiger partial charge in [-0.25, -0.2) is 19.7 Å². The molecule has 208 valence electrons. The maximum Gasteiger partial charge on any atom is 0.342 e. The minimum absolute atomic E-state index is 0.0994. The van der Waals surface area contributed by atoms with Gasteiger partial charge in [0.05, 0.1) is 35.5 Å². The number of β-amino-alcohol motifs (C(OH)–C–C–N with tert-alkyl or cyclic N) is 1. The van der Waals surface area contributed by atoms with Gasteiger partial charge in [-0.3, -0.25) is 15.0 Å². The Morgan fingerprint density at radius 3 is 2.58 bits per heavy atom. The SMILES string of the molecule is N#Cc1ccc(-c2nc(NCCNc3ccc([N+](=O)[O-])cn3)ncc2C(=O)OCC(O)CN2CCOCC2)cc1. The molecule has 1 saturated heterocycles. The number of pyridine rings is 1. The van der Waals surface area contributed by atoms with Crippen molar-refractivity contribution in [2.24, 2.45) is 0 Å². The fraction of sp³-hybridized carbons (Fsp3) is 0.346. The van der Waals surface area contributed by atoms with Crippen LogP contribution in [-0.4, -0.2) is 94.5 Å². The number of aromatic nitrogens is 3. The average molecular weight is 549 g/mol. The van der Waals surface area contributed by atoms with Gasteiger partial charge < -0.3 is 25.2 Å². The zero-order valence-corrected chi connectivity index (χ0v) is 21.5. The minimum atomic E-state index is -0.861. The number of morpholine rings is 1. The summed E-state index contributed by atoms with van der Waals surface area (Å²) < 4.78 is 10.7. The van der Waals surface area contributed by atoms with Gasteiger partial charge in [0.1, 0.15) is 30.3 Å². The van der Waals surface area contributed by atoms with Crippen LogP contribution in [0.25, 0.3) is 11.3 Å². The number of aliphatic hydroxyl groups is 1. The number of carbonyl (C=O) groups is 1. The van der Waals surface area contributed by atoms with Crippen LogP contribution in [0.4, 0.5) is 17.5 Å². The predicted octanol–water partition coefficient (Wildman–Crippen LogP) is 1.69. The third-order valence-electron chi connectivity index (χ3n) is 5.95. The second-order valence-corrected chi connectivity index (χ2v) is 8.82. The summed E-state index contributed by atoms with van der Waals surface area (Å²) in [5.41, 5.74) is 1.36. The third-order valence-corrected chi connectivity index (χ3v) is 5.95. The number of hydrogen-bond acceptors (Lipinski definition) is 13. The molecular weight excluding hydrogens is 520 g/mol. The van der Waals surface area contributed by atoms with Crippen molar-refractivity contribution in [1.82, 2.24) is 19.9 Å². The Kier molecular flexibility index (Phi) is 9.83. The van der Waals surface area contributed by atoms with Gasteiger partial charge in [-0.1, -0.05) is 12.1 Å². The molecule has 1 fully saturated rings. The molecule has 0 radical (unpaired) electrons. The molecular formula is C26H28N8O6. The van der Waals surface area contributed by atoms with Gasteiger partial charge in [-0.05, 0) is 18.2 Å². The Hall–Kier alpha value is -4.71. The summed E-state index contributed by atoms with van der Waals surface area (Å²) in [7, 11) is 0. The van der Waals surface area contributed by atoms with Crippen molar-refractivity contribution in [3.63, 3.8) is 0 Å². The Labute approximate surface area is 229 Å². The molecule has 0 saturated carbocycles. The maximum absolute atomic E-state index is 13.0. The van der Waals surface area contributed by atoms with Gasteiger partial charge in [0.25, 0.3) is 5.69 Å². The van der Waals surface area contributed by atoms with Crippen LogP contribution < -0.4 is 10.6 Å². The quantitative estimate of drug-likeness (QED) is 0.128. The van der Waals surface area contributed by atoms with Gasteiger partial charge in [0.15, 0.2) is 0 Å². The van der Waals surface area contributed by atoms with Crippen LogP contribution in [0, 0.1) is 21.4 Å². The van der Waals surface area contributed by atoms with Crippen molar-refractivity contribution in [1.29, 1.82) is 5.26 Å². The van der Waals surface area contributed by atoms with E-state index in [2.05, 4.69) is 31.7 Å². The topological polar surface area (TPSA) is 189 Å². The molecule has 1 aliphatic heterocycles. The fourth-order valence-corrected chi connectivity index (χ4v) is 3.89. The molecule has 1 unspecified atom stereocenters. The lowest BCUT2D eigenvalue weighted by Crippen LogP contribution is -2.42. The summed E-state index contributed by atoms with van der Waals surface area (Å²) in [5, 5.41) is 36.3. The van der Waals surface area contributed by atoms with E-state index in [4.69, 9.17) is 14.7 Å². The average Bonchev–Trinajstić information content (AvgIpc) is 2.99. The first-order chi connectivity index (χ1) is 19.4. The van der Waals surface area contributed by atoms with Crippen molar-refractivity contribution in [3.8, 4) is 17.3 Å². The predicted molar refractivity (Wildman–Crippen MR) is 144 cm³/mol. The first kappa shape index (κ1) is 28.3. The highest BCUT2D eigenvalue weighted by Crippen LogP contribution is 2.24. The lowest BCUT2D eigenvalue weighted by Gasteiger charge is -2.28. The number of rotatable bonds is 12. The zero-order valence-electron chi connectivity index (χ0n) is 21.5. The van der Waals surface area contributed by atoms with Crippen LogP contribution in [0.3, 0.4) is 0 Å². The Morgan fingerprint density at radius 2 is 1.90 bits per heavy atom. The molecule has 0 bridgehead atoms. The number of nitriles is 1. The molecule has 0 spiro atoms. The van der Waals surface area contributed by atoms with E-state index in [1.165, 1.54) is 24.5 Å². The monoisotopic (exact) mass is 548 g/mol. The largest absolute Gasteiger partial charge is 0.459 e. The van der Waals surface area contributed by atoms with Crippen LogP contribution in [-0.2, 0) is 9.47 Å². The number of nitro groups is 1. The highest BCUT2D eigenvalue weighted by atomic mass is 16.6. The molecule has 1 aliphatic rings. The fourth-order valence-electron chi connectivity index (χ4n) is 3.89. The van der Waals surface area contributed by atoms with Gasteiger partial charge in [-0.15, -0.1) is 0 Å². The zero-order chi connectivity index (χ0) is 28.3. The Bertz CT molecular complexity index is 1340. The smallest absolute Gasteiger partial charge is 0.342 e. The van der Waals surface area contributed by atoms with Crippen LogP contribution in [0.1, 0.15) is 15.9 Å². The Morgan fingerprint density at radius 1 is 1.15 bits per heavy atom. The van der Waals surface area contributed by atoms with Crippen molar-refractivity contribution < 1.29 is 24.3 Å². The molecule has 40 heavy (non-hydrogen) atoms. The molecule has 2 aromatic heterocycles. The van der Waals surface area contributed by atoms with Crippen molar-refractivity contribution >= 4 is 23.4 Å². The molecule has 0 aliphatic carbocycles. The molecule has 14 heteroatoms. The summed E-state index contributed by atoms with van der Waals surface area (Å²) >= 11 is 0.